The van der Waals surface area contributed by atoms with E-state index in [1.807, 2.05) is 103 Å². The number of hydrogen-bond donors (Lipinski definition) is 1. The Morgan fingerprint density at radius 3 is 2.26 bits per heavy atom. The lowest BCUT2D eigenvalue weighted by atomic mass is 10.1. The topological polar surface area (TPSA) is 63.1 Å². The third-order valence-electron chi connectivity index (χ3n) is 5.54. The highest BCUT2D eigenvalue weighted by atomic mass is 32.2. The van der Waals surface area contributed by atoms with Crippen molar-refractivity contribution >= 4 is 34.7 Å². The van der Waals surface area contributed by atoms with E-state index in [0.717, 1.165) is 39.2 Å². The third-order valence-corrected chi connectivity index (χ3v) is 6.54. The van der Waals surface area contributed by atoms with Gasteiger partial charge in [-0.1, -0.05) is 54.2 Å². The van der Waals surface area contributed by atoms with E-state index in [2.05, 4.69) is 28.5 Å². The van der Waals surface area contributed by atoms with Gasteiger partial charge in [-0.25, -0.2) is 0 Å². The Morgan fingerprint density at radius 2 is 1.59 bits per heavy atom. The molecule has 0 saturated heterocycles. The number of aryl methyl sites for hydroxylation is 1. The quantitative estimate of drug-likeness (QED) is 0.316. The number of anilines is 3. The van der Waals surface area contributed by atoms with Crippen LogP contribution >= 0.6 is 11.8 Å². The van der Waals surface area contributed by atoms with Crippen molar-refractivity contribution in [2.45, 2.75) is 32.0 Å². The monoisotopic (exact) mass is 471 g/mol. The molecule has 0 unspecified atom stereocenters. The number of para-hydroxylation sites is 1. The first-order valence-corrected chi connectivity index (χ1v) is 12.2. The molecule has 0 aliphatic carbocycles. The minimum absolute atomic E-state index is 0.0306. The average molecular weight is 472 g/mol. The van der Waals surface area contributed by atoms with Crippen LogP contribution in [0.25, 0.3) is 11.4 Å². The highest BCUT2D eigenvalue weighted by molar-refractivity contribution is 7.99. The zero-order chi connectivity index (χ0) is 24.1. The van der Waals surface area contributed by atoms with Crippen LogP contribution in [0.5, 0.6) is 0 Å². The summed E-state index contributed by atoms with van der Waals surface area (Å²) in [6, 6.07) is 26.1. The van der Waals surface area contributed by atoms with Gasteiger partial charge in [-0.2, -0.15) is 0 Å². The minimum Gasteiger partial charge on any atom is -0.356 e. The number of carbonyl (C=O) groups excluding carboxylic acids is 1. The predicted molar refractivity (Wildman–Crippen MR) is 141 cm³/mol. The van der Waals surface area contributed by atoms with Crippen molar-refractivity contribution in [3.05, 3.63) is 84.4 Å². The van der Waals surface area contributed by atoms with Gasteiger partial charge in [0.05, 0.1) is 5.75 Å². The highest BCUT2D eigenvalue weighted by Crippen LogP contribution is 2.27. The lowest BCUT2D eigenvalue weighted by molar-refractivity contribution is -0.116. The number of rotatable bonds is 8. The molecular weight excluding hydrogens is 442 g/mol. The highest BCUT2D eigenvalue weighted by Gasteiger charge is 2.21. The van der Waals surface area contributed by atoms with Crippen LogP contribution in [0.3, 0.4) is 0 Å². The first-order chi connectivity index (χ1) is 16.4. The molecule has 0 fully saturated rings. The van der Waals surface area contributed by atoms with Crippen LogP contribution in [0.4, 0.5) is 17.1 Å². The van der Waals surface area contributed by atoms with Gasteiger partial charge in [-0.3, -0.25) is 4.79 Å². The van der Waals surface area contributed by atoms with Gasteiger partial charge in [-0.15, -0.1) is 10.2 Å². The summed E-state index contributed by atoms with van der Waals surface area (Å²) in [5.41, 5.74) is 5.06. The molecule has 0 saturated carbocycles. The molecule has 1 heterocycles. The van der Waals surface area contributed by atoms with Crippen molar-refractivity contribution < 1.29 is 4.79 Å². The molecule has 4 rings (SSSR count). The number of amides is 1. The normalized spacial score (nSPS) is 11.0. The maximum atomic E-state index is 13.2. The molecule has 0 spiro atoms. The molecule has 0 aliphatic rings. The summed E-state index contributed by atoms with van der Waals surface area (Å²) in [6.07, 6.45) is 0. The molecular formula is C27H29N5OS. The van der Waals surface area contributed by atoms with E-state index in [-0.39, 0.29) is 17.7 Å². The zero-order valence-electron chi connectivity index (χ0n) is 19.9. The molecule has 0 radical (unpaired) electrons. The molecule has 1 N–H and O–H groups in total. The molecule has 7 heteroatoms. The minimum atomic E-state index is 0.0306. The van der Waals surface area contributed by atoms with Crippen LogP contribution < -0.4 is 10.2 Å². The van der Waals surface area contributed by atoms with E-state index >= 15 is 0 Å². The van der Waals surface area contributed by atoms with Crippen molar-refractivity contribution in [3.63, 3.8) is 0 Å². The van der Waals surface area contributed by atoms with E-state index in [1.54, 1.807) is 0 Å². The largest absolute Gasteiger partial charge is 0.356 e. The van der Waals surface area contributed by atoms with Crippen molar-refractivity contribution in [2.75, 3.05) is 16.0 Å². The number of thioether (sulfide) groups is 1. The maximum absolute atomic E-state index is 13.2. The van der Waals surface area contributed by atoms with Gasteiger partial charge < -0.3 is 14.8 Å². The van der Waals surface area contributed by atoms with Gasteiger partial charge in [0.1, 0.15) is 0 Å². The Balaban J connectivity index is 1.44. The summed E-state index contributed by atoms with van der Waals surface area (Å²) in [5, 5.41) is 12.8. The van der Waals surface area contributed by atoms with Crippen LogP contribution in [0.2, 0.25) is 0 Å². The van der Waals surface area contributed by atoms with Crippen molar-refractivity contribution in [1.82, 2.24) is 14.8 Å². The van der Waals surface area contributed by atoms with Gasteiger partial charge in [0, 0.05) is 35.7 Å². The summed E-state index contributed by atoms with van der Waals surface area (Å²) < 4.78 is 1.95. The van der Waals surface area contributed by atoms with Crippen LogP contribution in [0.15, 0.2) is 84.0 Å². The smallest absolute Gasteiger partial charge is 0.237 e. The summed E-state index contributed by atoms with van der Waals surface area (Å²) in [7, 11) is 1.94. The predicted octanol–water partition coefficient (Wildman–Crippen LogP) is 6.07. The molecule has 3 aromatic carbocycles. The van der Waals surface area contributed by atoms with Gasteiger partial charge in [0.15, 0.2) is 11.0 Å². The second-order valence-corrected chi connectivity index (χ2v) is 9.31. The summed E-state index contributed by atoms with van der Waals surface area (Å²) in [6.45, 7) is 6.11. The standard InChI is InChI=1S/C27H29N5OS/c1-19(2)32(23-16-14-22(15-17-23)28-21-11-6-5-7-12-21)25(33)18-34-27-30-29-26(31(27)4)24-13-9-8-10-20(24)3/h5-17,19,28H,18H2,1-4H3. The van der Waals surface area contributed by atoms with Gasteiger partial charge in [0.25, 0.3) is 0 Å². The fourth-order valence-corrected chi connectivity index (χ4v) is 4.59. The number of nitrogens with zero attached hydrogens (tertiary/aromatic N) is 4. The fraction of sp³-hybridized carbons (Fsp3) is 0.222. The van der Waals surface area contributed by atoms with Crippen LogP contribution in [-0.2, 0) is 11.8 Å². The fourth-order valence-electron chi connectivity index (χ4n) is 3.82. The van der Waals surface area contributed by atoms with Crippen molar-refractivity contribution in [3.8, 4) is 11.4 Å². The first kappa shape index (κ1) is 23.6. The van der Waals surface area contributed by atoms with Crippen LogP contribution in [-0.4, -0.2) is 32.5 Å². The Morgan fingerprint density at radius 1 is 0.941 bits per heavy atom. The van der Waals surface area contributed by atoms with E-state index in [4.69, 9.17) is 0 Å². The lowest BCUT2D eigenvalue weighted by Gasteiger charge is -2.27. The van der Waals surface area contributed by atoms with Gasteiger partial charge >= 0.3 is 0 Å². The second-order valence-electron chi connectivity index (χ2n) is 8.36. The number of carbonyl (C=O) groups is 1. The molecule has 1 aromatic heterocycles. The molecule has 6 nitrogen and oxygen atoms in total. The van der Waals surface area contributed by atoms with Gasteiger partial charge in [0.2, 0.25) is 5.91 Å². The summed E-state index contributed by atoms with van der Waals surface area (Å²) in [4.78, 5) is 15.0. The number of aromatic nitrogens is 3. The first-order valence-electron chi connectivity index (χ1n) is 11.3. The molecule has 0 aliphatic heterocycles. The van der Waals surface area contributed by atoms with Gasteiger partial charge in [-0.05, 0) is 62.7 Å². The summed E-state index contributed by atoms with van der Waals surface area (Å²) in [5.74, 6) is 1.11. The number of benzene rings is 3. The Bertz CT molecular complexity index is 1250. The average Bonchev–Trinajstić information content (AvgIpc) is 3.20. The molecule has 0 bridgehead atoms. The SMILES string of the molecule is Cc1ccccc1-c1nnc(SCC(=O)N(c2ccc(Nc3ccccc3)cc2)C(C)C)n1C. The second kappa shape index (κ2) is 10.6. The third kappa shape index (κ3) is 5.31. The van der Waals surface area contributed by atoms with Crippen LogP contribution in [0, 0.1) is 6.92 Å². The molecule has 0 atom stereocenters. The molecule has 174 valence electrons. The van der Waals surface area contributed by atoms with E-state index in [0.29, 0.717) is 0 Å². The van der Waals surface area contributed by atoms with E-state index in [1.165, 1.54) is 11.8 Å². The number of hydrogen-bond acceptors (Lipinski definition) is 5. The molecule has 1 amide bonds. The molecule has 4 aromatic rings. The summed E-state index contributed by atoms with van der Waals surface area (Å²) >= 11 is 1.41. The van der Waals surface area contributed by atoms with Crippen molar-refractivity contribution in [1.29, 1.82) is 0 Å². The maximum Gasteiger partial charge on any atom is 0.237 e. The van der Waals surface area contributed by atoms with E-state index in [9.17, 15) is 4.79 Å². The number of nitrogens with one attached hydrogen (secondary N) is 1. The zero-order valence-corrected chi connectivity index (χ0v) is 20.7. The van der Waals surface area contributed by atoms with E-state index < -0.39 is 0 Å². The lowest BCUT2D eigenvalue weighted by Crippen LogP contribution is -2.38. The Labute approximate surface area is 205 Å². The Hall–Kier alpha value is -3.58. The van der Waals surface area contributed by atoms with Crippen LogP contribution in [0.1, 0.15) is 19.4 Å². The van der Waals surface area contributed by atoms with Crippen molar-refractivity contribution in [2.24, 2.45) is 7.05 Å². The molecule has 34 heavy (non-hydrogen) atoms. The Kier molecular flexibility index (Phi) is 7.33.